The maximum absolute atomic E-state index is 9.75. The number of phenolic OH excluding ortho intramolecular Hbond substituents is 1. The number of hydrogen-bond donors (Lipinski definition) is 3. The van der Waals surface area contributed by atoms with E-state index in [1.807, 2.05) is 20.8 Å². The zero-order valence-electron chi connectivity index (χ0n) is 11.1. The van der Waals surface area contributed by atoms with Crippen molar-refractivity contribution in [2.75, 3.05) is 6.54 Å². The van der Waals surface area contributed by atoms with Crippen LogP contribution in [0.3, 0.4) is 0 Å². The first-order valence-electron chi connectivity index (χ1n) is 5.81. The normalized spacial score (nSPS) is 12.7. The Bertz CT molecular complexity index is 378. The molecule has 5 N–H and O–H groups in total. The molecular formula is C13H23ClN2O2. The zero-order valence-corrected chi connectivity index (χ0v) is 12.0. The molecule has 1 rings (SSSR count). The van der Waals surface area contributed by atoms with Crippen LogP contribution in [-0.2, 0) is 0 Å². The first-order chi connectivity index (χ1) is 7.83. The summed E-state index contributed by atoms with van der Waals surface area (Å²) in [4.78, 5) is 0. The number of rotatable bonds is 4. The van der Waals surface area contributed by atoms with Crippen molar-refractivity contribution in [1.82, 2.24) is 0 Å². The molecule has 0 amide bonds. The monoisotopic (exact) mass is 274 g/mol. The van der Waals surface area contributed by atoms with Crippen LogP contribution in [0.4, 0.5) is 0 Å². The average molecular weight is 275 g/mol. The second-order valence-corrected chi connectivity index (χ2v) is 5.12. The first kappa shape index (κ1) is 17.0. The fraction of sp³-hybridized carbons (Fsp3) is 0.538. The molecule has 1 aromatic rings. The molecule has 0 spiro atoms. The van der Waals surface area contributed by atoms with Gasteiger partial charge in [0.15, 0.2) is 0 Å². The average Bonchev–Trinajstić information content (AvgIpc) is 2.19. The summed E-state index contributed by atoms with van der Waals surface area (Å²) in [6.45, 7) is 6.41. The van der Waals surface area contributed by atoms with Crippen molar-refractivity contribution in [2.45, 2.75) is 38.8 Å². The van der Waals surface area contributed by atoms with Crippen LogP contribution in [-0.4, -0.2) is 17.3 Å². The predicted molar refractivity (Wildman–Crippen MR) is 76.3 cm³/mol. The van der Waals surface area contributed by atoms with Gasteiger partial charge in [0.2, 0.25) is 0 Å². The maximum Gasteiger partial charge on any atom is 0.120 e. The van der Waals surface area contributed by atoms with E-state index in [1.165, 1.54) is 0 Å². The molecule has 0 heterocycles. The topological polar surface area (TPSA) is 81.5 Å². The third-order valence-electron chi connectivity index (χ3n) is 2.30. The van der Waals surface area contributed by atoms with E-state index in [0.29, 0.717) is 24.3 Å². The van der Waals surface area contributed by atoms with Crippen LogP contribution in [0.1, 0.15) is 38.8 Å². The van der Waals surface area contributed by atoms with Gasteiger partial charge in [-0.1, -0.05) is 0 Å². The molecule has 0 saturated carbocycles. The summed E-state index contributed by atoms with van der Waals surface area (Å²) in [7, 11) is 0. The molecule has 0 aliphatic heterocycles. The van der Waals surface area contributed by atoms with Crippen molar-refractivity contribution in [2.24, 2.45) is 11.5 Å². The van der Waals surface area contributed by atoms with Crippen LogP contribution >= 0.6 is 12.4 Å². The van der Waals surface area contributed by atoms with Crippen molar-refractivity contribution in [3.8, 4) is 11.5 Å². The standard InChI is InChI=1S/C13H22N2O2.ClH/c1-13(2,3)17-9-4-5-12(16)10(8-9)11(15)6-7-14;/h4-5,8,11,16H,6-7,14-15H2,1-3H3;1H/t11-;/m1./s1. The Hall–Kier alpha value is -0.970. The number of phenols is 1. The Morgan fingerprint density at radius 3 is 2.44 bits per heavy atom. The Labute approximate surface area is 115 Å². The summed E-state index contributed by atoms with van der Waals surface area (Å²) in [5.41, 5.74) is 11.8. The number of nitrogens with two attached hydrogens (primary N) is 2. The maximum atomic E-state index is 9.75. The third kappa shape index (κ3) is 5.12. The predicted octanol–water partition coefficient (Wildman–Crippen LogP) is 2.34. The van der Waals surface area contributed by atoms with Crippen molar-refractivity contribution < 1.29 is 9.84 Å². The van der Waals surface area contributed by atoms with E-state index in [0.717, 1.165) is 0 Å². The molecule has 0 aliphatic carbocycles. The van der Waals surface area contributed by atoms with E-state index in [1.54, 1.807) is 18.2 Å². The molecular weight excluding hydrogens is 252 g/mol. The highest BCUT2D eigenvalue weighted by Gasteiger charge is 2.15. The van der Waals surface area contributed by atoms with Gasteiger partial charge < -0.3 is 21.3 Å². The summed E-state index contributed by atoms with van der Waals surface area (Å²) in [6.07, 6.45) is 0.631. The smallest absolute Gasteiger partial charge is 0.120 e. The van der Waals surface area contributed by atoms with E-state index in [9.17, 15) is 5.11 Å². The zero-order chi connectivity index (χ0) is 13.1. The number of ether oxygens (including phenoxy) is 1. The molecule has 0 aliphatic rings. The van der Waals surface area contributed by atoms with Crippen LogP contribution in [0.25, 0.3) is 0 Å². The van der Waals surface area contributed by atoms with Crippen molar-refractivity contribution in [3.05, 3.63) is 23.8 Å². The first-order valence-corrected chi connectivity index (χ1v) is 5.81. The molecule has 5 heteroatoms. The lowest BCUT2D eigenvalue weighted by Gasteiger charge is -2.22. The minimum atomic E-state index is -0.272. The van der Waals surface area contributed by atoms with Gasteiger partial charge in [-0.3, -0.25) is 0 Å². The van der Waals surface area contributed by atoms with Gasteiger partial charge in [-0.25, -0.2) is 0 Å². The van der Waals surface area contributed by atoms with E-state index in [2.05, 4.69) is 0 Å². The van der Waals surface area contributed by atoms with Gasteiger partial charge in [0.1, 0.15) is 17.1 Å². The Morgan fingerprint density at radius 1 is 1.33 bits per heavy atom. The fourth-order valence-electron chi connectivity index (χ4n) is 1.58. The van der Waals surface area contributed by atoms with Gasteiger partial charge in [0, 0.05) is 11.6 Å². The molecule has 4 nitrogen and oxygen atoms in total. The Balaban J connectivity index is 0.00000289. The molecule has 0 aromatic heterocycles. The third-order valence-corrected chi connectivity index (χ3v) is 2.30. The minimum absolute atomic E-state index is 0. The van der Waals surface area contributed by atoms with Gasteiger partial charge in [-0.05, 0) is 51.9 Å². The summed E-state index contributed by atoms with van der Waals surface area (Å²) >= 11 is 0. The molecule has 104 valence electrons. The number of hydrogen-bond acceptors (Lipinski definition) is 4. The van der Waals surface area contributed by atoms with E-state index in [-0.39, 0.29) is 29.8 Å². The largest absolute Gasteiger partial charge is 0.508 e. The Kier molecular flexibility index (Phi) is 6.46. The van der Waals surface area contributed by atoms with Crippen molar-refractivity contribution >= 4 is 12.4 Å². The minimum Gasteiger partial charge on any atom is -0.508 e. The fourth-order valence-corrected chi connectivity index (χ4v) is 1.58. The summed E-state index contributed by atoms with van der Waals surface area (Å²) in [6, 6.07) is 4.86. The highest BCUT2D eigenvalue weighted by atomic mass is 35.5. The number of halogens is 1. The SMILES string of the molecule is CC(C)(C)Oc1ccc(O)c([C@H](N)CCN)c1.Cl. The van der Waals surface area contributed by atoms with Crippen LogP contribution < -0.4 is 16.2 Å². The lowest BCUT2D eigenvalue weighted by Crippen LogP contribution is -2.23. The second kappa shape index (κ2) is 6.83. The van der Waals surface area contributed by atoms with Gasteiger partial charge in [-0.15, -0.1) is 12.4 Å². The van der Waals surface area contributed by atoms with E-state index >= 15 is 0 Å². The van der Waals surface area contributed by atoms with Gasteiger partial charge in [0.05, 0.1) is 0 Å². The lowest BCUT2D eigenvalue weighted by atomic mass is 10.0. The second-order valence-electron chi connectivity index (χ2n) is 5.12. The number of benzene rings is 1. The van der Waals surface area contributed by atoms with Gasteiger partial charge in [-0.2, -0.15) is 0 Å². The highest BCUT2D eigenvalue weighted by molar-refractivity contribution is 5.85. The highest BCUT2D eigenvalue weighted by Crippen LogP contribution is 2.30. The van der Waals surface area contributed by atoms with Crippen molar-refractivity contribution in [1.29, 1.82) is 0 Å². The molecule has 1 atom stereocenters. The van der Waals surface area contributed by atoms with Crippen LogP contribution in [0.2, 0.25) is 0 Å². The molecule has 0 bridgehead atoms. The Morgan fingerprint density at radius 2 is 1.94 bits per heavy atom. The number of aromatic hydroxyl groups is 1. The van der Waals surface area contributed by atoms with Gasteiger partial charge >= 0.3 is 0 Å². The molecule has 0 fully saturated rings. The molecule has 1 aromatic carbocycles. The summed E-state index contributed by atoms with van der Waals surface area (Å²) in [5.74, 6) is 0.894. The van der Waals surface area contributed by atoms with Crippen molar-refractivity contribution in [3.63, 3.8) is 0 Å². The molecule has 0 radical (unpaired) electrons. The summed E-state index contributed by atoms with van der Waals surface area (Å²) < 4.78 is 5.73. The van der Waals surface area contributed by atoms with Crippen LogP contribution in [0.15, 0.2) is 18.2 Å². The van der Waals surface area contributed by atoms with Crippen LogP contribution in [0, 0.1) is 0 Å². The van der Waals surface area contributed by atoms with E-state index < -0.39 is 0 Å². The van der Waals surface area contributed by atoms with Crippen LogP contribution in [0.5, 0.6) is 11.5 Å². The molecule has 18 heavy (non-hydrogen) atoms. The summed E-state index contributed by atoms with van der Waals surface area (Å²) in [5, 5.41) is 9.75. The quantitative estimate of drug-likeness (QED) is 0.787. The molecule has 0 unspecified atom stereocenters. The van der Waals surface area contributed by atoms with Gasteiger partial charge in [0.25, 0.3) is 0 Å². The lowest BCUT2D eigenvalue weighted by molar-refractivity contribution is 0.130. The van der Waals surface area contributed by atoms with E-state index in [4.69, 9.17) is 16.2 Å². The molecule has 0 saturated heterocycles.